The van der Waals surface area contributed by atoms with Crippen LogP contribution in [0.4, 0.5) is 0 Å². The molecular formula is C16H25N3O2. The molecule has 0 bridgehead atoms. The quantitative estimate of drug-likeness (QED) is 0.294. The van der Waals surface area contributed by atoms with Gasteiger partial charge in [0.25, 0.3) is 0 Å². The third-order valence-corrected chi connectivity index (χ3v) is 3.93. The summed E-state index contributed by atoms with van der Waals surface area (Å²) in [5.41, 5.74) is 3.56. The average Bonchev–Trinajstić information content (AvgIpc) is 2.80. The minimum Gasteiger partial charge on any atom is -0.497 e. The lowest BCUT2D eigenvalue weighted by Gasteiger charge is -2.15. The highest BCUT2D eigenvalue weighted by molar-refractivity contribution is 6.01. The molecule has 1 saturated carbocycles. The second kappa shape index (κ2) is 7.88. The van der Waals surface area contributed by atoms with Gasteiger partial charge in [0.1, 0.15) is 17.3 Å². The molecule has 5 nitrogen and oxygen atoms in total. The van der Waals surface area contributed by atoms with Gasteiger partial charge in [0.2, 0.25) is 0 Å². The Hall–Kier alpha value is -1.75. The van der Waals surface area contributed by atoms with Crippen LogP contribution in [0.5, 0.6) is 11.5 Å². The summed E-state index contributed by atoms with van der Waals surface area (Å²) in [6.07, 6.45) is 7.33. The summed E-state index contributed by atoms with van der Waals surface area (Å²) >= 11 is 0. The van der Waals surface area contributed by atoms with Gasteiger partial charge in [-0.05, 0) is 31.0 Å². The van der Waals surface area contributed by atoms with Crippen LogP contribution in [0.1, 0.15) is 44.1 Å². The van der Waals surface area contributed by atoms with Gasteiger partial charge in [-0.1, -0.05) is 25.7 Å². The summed E-state index contributed by atoms with van der Waals surface area (Å²) in [7, 11) is 3.29. The van der Waals surface area contributed by atoms with E-state index >= 15 is 0 Å². The molecule has 2 rings (SSSR count). The zero-order valence-electron chi connectivity index (χ0n) is 12.9. The van der Waals surface area contributed by atoms with Gasteiger partial charge in [-0.3, -0.25) is 4.99 Å². The molecule has 116 valence electrons. The molecule has 5 heteroatoms. The van der Waals surface area contributed by atoms with E-state index in [1.54, 1.807) is 14.2 Å². The number of hydrazine groups is 1. The number of amidine groups is 1. The zero-order chi connectivity index (χ0) is 15.1. The Morgan fingerprint density at radius 1 is 1.14 bits per heavy atom. The molecular weight excluding hydrogens is 266 g/mol. The second-order valence-corrected chi connectivity index (χ2v) is 5.33. The molecule has 1 aliphatic rings. The highest BCUT2D eigenvalue weighted by Gasteiger charge is 2.15. The summed E-state index contributed by atoms with van der Waals surface area (Å²) in [6.45, 7) is 0. The van der Waals surface area contributed by atoms with E-state index in [1.165, 1.54) is 25.7 Å². The Morgan fingerprint density at radius 2 is 1.86 bits per heavy atom. The summed E-state index contributed by atoms with van der Waals surface area (Å²) < 4.78 is 10.7. The van der Waals surface area contributed by atoms with E-state index in [1.807, 2.05) is 18.2 Å². The summed E-state index contributed by atoms with van der Waals surface area (Å²) in [4.78, 5) is 4.81. The monoisotopic (exact) mass is 291 g/mol. The number of methoxy groups -OCH3 is 2. The molecule has 0 aromatic heterocycles. The molecule has 0 saturated heterocycles. The topological polar surface area (TPSA) is 68.9 Å². The predicted octanol–water partition coefficient (Wildman–Crippen LogP) is 2.64. The highest BCUT2D eigenvalue weighted by Crippen LogP contribution is 2.26. The van der Waals surface area contributed by atoms with Crippen LogP contribution in [0, 0.1) is 0 Å². The zero-order valence-corrected chi connectivity index (χ0v) is 12.9. The van der Waals surface area contributed by atoms with Crippen molar-refractivity contribution in [1.82, 2.24) is 5.43 Å². The van der Waals surface area contributed by atoms with Crippen molar-refractivity contribution in [2.75, 3.05) is 14.2 Å². The van der Waals surface area contributed by atoms with Crippen molar-refractivity contribution < 1.29 is 9.47 Å². The van der Waals surface area contributed by atoms with Crippen LogP contribution >= 0.6 is 0 Å². The van der Waals surface area contributed by atoms with Gasteiger partial charge in [0.15, 0.2) is 0 Å². The molecule has 0 unspecified atom stereocenters. The number of hydrogen-bond acceptors (Lipinski definition) is 4. The first-order valence-electron chi connectivity index (χ1n) is 7.55. The van der Waals surface area contributed by atoms with Crippen LogP contribution in [0.3, 0.4) is 0 Å². The lowest BCUT2D eigenvalue weighted by Crippen LogP contribution is -2.32. The molecule has 1 aromatic carbocycles. The molecule has 0 aliphatic heterocycles. The minimum absolute atomic E-state index is 0.328. The molecule has 0 amide bonds. The highest BCUT2D eigenvalue weighted by atomic mass is 16.5. The van der Waals surface area contributed by atoms with Crippen LogP contribution in [0.2, 0.25) is 0 Å². The molecule has 0 radical (unpaired) electrons. The van der Waals surface area contributed by atoms with Crippen LogP contribution in [0.15, 0.2) is 23.2 Å². The van der Waals surface area contributed by atoms with E-state index in [0.29, 0.717) is 11.9 Å². The van der Waals surface area contributed by atoms with Crippen LogP contribution < -0.4 is 20.7 Å². The van der Waals surface area contributed by atoms with Gasteiger partial charge in [-0.2, -0.15) is 0 Å². The molecule has 0 spiro atoms. The number of ether oxygens (including phenoxy) is 2. The van der Waals surface area contributed by atoms with E-state index < -0.39 is 0 Å². The summed E-state index contributed by atoms with van der Waals surface area (Å²) in [5.74, 6) is 7.86. The van der Waals surface area contributed by atoms with Crippen molar-refractivity contribution in [2.45, 2.75) is 44.6 Å². The SMILES string of the molecule is COc1ccc(OC)c(C(=NC2CCCCCC2)NN)c1. The summed E-state index contributed by atoms with van der Waals surface area (Å²) in [5, 5.41) is 0. The lowest BCUT2D eigenvalue weighted by atomic mass is 10.1. The maximum absolute atomic E-state index is 5.70. The maximum atomic E-state index is 5.70. The van der Waals surface area contributed by atoms with E-state index in [4.69, 9.17) is 20.3 Å². The predicted molar refractivity (Wildman–Crippen MR) is 84.9 cm³/mol. The number of hydrogen-bond donors (Lipinski definition) is 2. The van der Waals surface area contributed by atoms with E-state index in [0.717, 1.165) is 29.9 Å². The first kappa shape index (κ1) is 15.6. The Kier molecular flexibility index (Phi) is 5.87. The second-order valence-electron chi connectivity index (χ2n) is 5.33. The minimum atomic E-state index is 0.328. The van der Waals surface area contributed by atoms with Crippen molar-refractivity contribution in [3.8, 4) is 11.5 Å². The largest absolute Gasteiger partial charge is 0.497 e. The Bertz CT molecular complexity index is 480. The summed E-state index contributed by atoms with van der Waals surface area (Å²) in [6, 6.07) is 5.96. The number of nitrogens with zero attached hydrogens (tertiary/aromatic N) is 1. The average molecular weight is 291 g/mol. The van der Waals surface area contributed by atoms with Gasteiger partial charge in [-0.15, -0.1) is 0 Å². The third kappa shape index (κ3) is 4.11. The lowest BCUT2D eigenvalue weighted by molar-refractivity contribution is 0.402. The van der Waals surface area contributed by atoms with E-state index in [-0.39, 0.29) is 0 Å². The molecule has 1 aliphatic carbocycles. The fraction of sp³-hybridized carbons (Fsp3) is 0.562. The van der Waals surface area contributed by atoms with E-state index in [2.05, 4.69) is 5.43 Å². The molecule has 1 fully saturated rings. The van der Waals surface area contributed by atoms with E-state index in [9.17, 15) is 0 Å². The molecule has 0 heterocycles. The number of rotatable bonds is 4. The van der Waals surface area contributed by atoms with Crippen molar-refractivity contribution in [2.24, 2.45) is 10.8 Å². The normalized spacial score (nSPS) is 17.2. The first-order chi connectivity index (χ1) is 10.3. The fourth-order valence-corrected chi connectivity index (χ4v) is 2.75. The van der Waals surface area contributed by atoms with Crippen molar-refractivity contribution in [1.29, 1.82) is 0 Å². The standard InChI is InChI=1S/C16H25N3O2/c1-20-13-9-10-15(21-2)14(11-13)16(19-17)18-12-7-5-3-4-6-8-12/h9-12H,3-8,17H2,1-2H3,(H,18,19). The Labute approximate surface area is 126 Å². The maximum Gasteiger partial charge on any atom is 0.146 e. The first-order valence-corrected chi connectivity index (χ1v) is 7.55. The van der Waals surface area contributed by atoms with Gasteiger partial charge >= 0.3 is 0 Å². The molecule has 21 heavy (non-hydrogen) atoms. The molecule has 3 N–H and O–H groups in total. The van der Waals surface area contributed by atoms with Crippen LogP contribution in [-0.2, 0) is 0 Å². The third-order valence-electron chi connectivity index (χ3n) is 3.93. The van der Waals surface area contributed by atoms with Crippen LogP contribution in [0.25, 0.3) is 0 Å². The number of benzene rings is 1. The number of nitrogens with one attached hydrogen (secondary N) is 1. The van der Waals surface area contributed by atoms with Gasteiger partial charge in [-0.25, -0.2) is 5.84 Å². The Morgan fingerprint density at radius 3 is 2.43 bits per heavy atom. The number of aliphatic imine (C=N–C) groups is 1. The van der Waals surface area contributed by atoms with Crippen molar-refractivity contribution in [3.63, 3.8) is 0 Å². The number of nitrogens with two attached hydrogens (primary N) is 1. The molecule has 1 aromatic rings. The van der Waals surface area contributed by atoms with Gasteiger partial charge in [0, 0.05) is 0 Å². The fourth-order valence-electron chi connectivity index (χ4n) is 2.75. The Balaban J connectivity index is 2.30. The van der Waals surface area contributed by atoms with Crippen molar-refractivity contribution >= 4 is 5.84 Å². The molecule has 0 atom stereocenters. The van der Waals surface area contributed by atoms with Gasteiger partial charge < -0.3 is 14.9 Å². The smallest absolute Gasteiger partial charge is 0.146 e. The van der Waals surface area contributed by atoms with Gasteiger partial charge in [0.05, 0.1) is 25.8 Å². The van der Waals surface area contributed by atoms with Crippen molar-refractivity contribution in [3.05, 3.63) is 23.8 Å². The van der Waals surface area contributed by atoms with Crippen LogP contribution in [-0.4, -0.2) is 26.1 Å².